The van der Waals surface area contributed by atoms with E-state index >= 15 is 0 Å². The molecule has 0 aromatic heterocycles. The van der Waals surface area contributed by atoms with Gasteiger partial charge < -0.3 is 19.7 Å². The van der Waals surface area contributed by atoms with Gasteiger partial charge in [-0.3, -0.25) is 4.79 Å². The SMILES string of the molecule is COc1ccc(OC)c([C@H]2CCC[NH+]2CC(=O)Nc2cccc(C)c2)c1. The van der Waals surface area contributed by atoms with E-state index < -0.39 is 0 Å². The number of amides is 1. The van der Waals surface area contributed by atoms with E-state index in [1.807, 2.05) is 49.4 Å². The van der Waals surface area contributed by atoms with Crippen molar-refractivity contribution in [3.8, 4) is 11.5 Å². The average Bonchev–Trinajstić information content (AvgIpc) is 3.08. The molecule has 1 heterocycles. The summed E-state index contributed by atoms with van der Waals surface area (Å²) in [4.78, 5) is 13.8. The van der Waals surface area contributed by atoms with Crippen molar-refractivity contribution in [2.45, 2.75) is 25.8 Å². The van der Waals surface area contributed by atoms with Crippen molar-refractivity contribution in [3.63, 3.8) is 0 Å². The highest BCUT2D eigenvalue weighted by molar-refractivity contribution is 5.91. The third-order valence-electron chi connectivity index (χ3n) is 4.99. The Morgan fingerprint density at radius 1 is 1.19 bits per heavy atom. The van der Waals surface area contributed by atoms with E-state index in [4.69, 9.17) is 9.47 Å². The second-order valence-corrected chi connectivity index (χ2v) is 6.81. The van der Waals surface area contributed by atoms with Crippen molar-refractivity contribution in [1.82, 2.24) is 0 Å². The van der Waals surface area contributed by atoms with Crippen LogP contribution in [-0.4, -0.2) is 33.2 Å². The van der Waals surface area contributed by atoms with Crippen LogP contribution in [0.1, 0.15) is 30.0 Å². The van der Waals surface area contributed by atoms with Crippen molar-refractivity contribution >= 4 is 11.6 Å². The summed E-state index contributed by atoms with van der Waals surface area (Å²) in [5.74, 6) is 1.71. The number of benzene rings is 2. The number of hydrogen-bond donors (Lipinski definition) is 2. The lowest BCUT2D eigenvalue weighted by atomic mass is 10.0. The molecule has 0 aliphatic carbocycles. The molecule has 1 aliphatic heterocycles. The molecule has 0 spiro atoms. The van der Waals surface area contributed by atoms with Crippen molar-refractivity contribution in [3.05, 3.63) is 53.6 Å². The second-order valence-electron chi connectivity index (χ2n) is 6.81. The maximum atomic E-state index is 12.5. The molecular weight excluding hydrogens is 328 g/mol. The summed E-state index contributed by atoms with van der Waals surface area (Å²) in [6.45, 7) is 3.44. The lowest BCUT2D eigenvalue weighted by molar-refractivity contribution is -0.910. The molecule has 2 aromatic rings. The number of likely N-dealkylation sites (tertiary alicyclic amines) is 1. The number of carbonyl (C=O) groups excluding carboxylic acids is 1. The van der Waals surface area contributed by atoms with Crippen molar-refractivity contribution < 1.29 is 19.2 Å². The van der Waals surface area contributed by atoms with Gasteiger partial charge in [0.15, 0.2) is 6.54 Å². The van der Waals surface area contributed by atoms with Crippen LogP contribution in [0.5, 0.6) is 11.5 Å². The lowest BCUT2D eigenvalue weighted by Crippen LogP contribution is -3.11. The molecule has 1 saturated heterocycles. The predicted octanol–water partition coefficient (Wildman–Crippen LogP) is 2.37. The highest BCUT2D eigenvalue weighted by atomic mass is 16.5. The predicted molar refractivity (Wildman–Crippen MR) is 102 cm³/mol. The van der Waals surface area contributed by atoms with Crippen LogP contribution < -0.4 is 19.7 Å². The molecule has 2 aromatic carbocycles. The summed E-state index contributed by atoms with van der Waals surface area (Å²) in [5.41, 5.74) is 3.10. The van der Waals surface area contributed by atoms with Crippen LogP contribution in [0.2, 0.25) is 0 Å². The molecule has 1 fully saturated rings. The zero-order valence-electron chi connectivity index (χ0n) is 15.7. The standard InChI is InChI=1S/C21H26N2O3/c1-15-6-4-7-16(12-15)22-21(24)14-23-11-5-8-19(23)18-13-17(25-2)9-10-20(18)26-3/h4,6-7,9-10,12-13,19H,5,8,11,14H2,1-3H3,(H,22,24)/p+1/t19-/m1/s1. The Morgan fingerprint density at radius 3 is 2.77 bits per heavy atom. The first-order valence-electron chi connectivity index (χ1n) is 9.03. The molecular formula is C21H27N2O3+. The highest BCUT2D eigenvalue weighted by Crippen LogP contribution is 2.31. The molecule has 0 saturated carbocycles. The van der Waals surface area contributed by atoms with Gasteiger partial charge in [0, 0.05) is 18.5 Å². The van der Waals surface area contributed by atoms with Gasteiger partial charge in [-0.15, -0.1) is 0 Å². The number of ether oxygens (including phenoxy) is 2. The molecule has 26 heavy (non-hydrogen) atoms. The normalized spacial score (nSPS) is 19.2. The molecule has 1 unspecified atom stereocenters. The van der Waals surface area contributed by atoms with E-state index in [-0.39, 0.29) is 11.9 Å². The molecule has 5 nitrogen and oxygen atoms in total. The Bertz CT molecular complexity index is 776. The van der Waals surface area contributed by atoms with Gasteiger partial charge in [-0.2, -0.15) is 0 Å². The summed E-state index contributed by atoms with van der Waals surface area (Å²) in [6, 6.07) is 14.0. The third-order valence-corrected chi connectivity index (χ3v) is 4.99. The van der Waals surface area contributed by atoms with Gasteiger partial charge in [0.05, 0.1) is 26.3 Å². The van der Waals surface area contributed by atoms with E-state index in [1.165, 1.54) is 4.90 Å². The molecule has 1 amide bonds. The van der Waals surface area contributed by atoms with Crippen LogP contribution in [0.15, 0.2) is 42.5 Å². The second kappa shape index (κ2) is 8.23. The zero-order valence-corrected chi connectivity index (χ0v) is 15.7. The number of quaternary nitrogens is 1. The van der Waals surface area contributed by atoms with Crippen LogP contribution in [0.3, 0.4) is 0 Å². The Hall–Kier alpha value is -2.53. The average molecular weight is 355 g/mol. The smallest absolute Gasteiger partial charge is 0.279 e. The first-order chi connectivity index (χ1) is 12.6. The zero-order chi connectivity index (χ0) is 18.5. The van der Waals surface area contributed by atoms with E-state index in [0.717, 1.165) is 47.7 Å². The molecule has 5 heteroatoms. The van der Waals surface area contributed by atoms with Crippen molar-refractivity contribution in [2.24, 2.45) is 0 Å². The van der Waals surface area contributed by atoms with Gasteiger partial charge in [0.25, 0.3) is 5.91 Å². The number of nitrogens with one attached hydrogen (secondary N) is 2. The van der Waals surface area contributed by atoms with Crippen molar-refractivity contribution in [2.75, 3.05) is 32.6 Å². The Labute approximate surface area is 154 Å². The third kappa shape index (κ3) is 4.17. The Balaban J connectivity index is 1.73. The van der Waals surface area contributed by atoms with Gasteiger partial charge in [-0.05, 0) is 42.8 Å². The van der Waals surface area contributed by atoms with Gasteiger partial charge in [-0.1, -0.05) is 12.1 Å². The lowest BCUT2D eigenvalue weighted by Gasteiger charge is -2.23. The van der Waals surface area contributed by atoms with Gasteiger partial charge in [0.2, 0.25) is 0 Å². The summed E-state index contributed by atoms with van der Waals surface area (Å²) in [6.07, 6.45) is 2.13. The number of aryl methyl sites for hydroxylation is 1. The minimum absolute atomic E-state index is 0.0411. The number of rotatable bonds is 6. The first kappa shape index (κ1) is 18.3. The van der Waals surface area contributed by atoms with Crippen molar-refractivity contribution in [1.29, 1.82) is 0 Å². The maximum Gasteiger partial charge on any atom is 0.279 e. The topological polar surface area (TPSA) is 52.0 Å². The minimum Gasteiger partial charge on any atom is -0.497 e. The van der Waals surface area contributed by atoms with Crippen LogP contribution >= 0.6 is 0 Å². The van der Waals surface area contributed by atoms with E-state index in [9.17, 15) is 4.79 Å². The quantitative estimate of drug-likeness (QED) is 0.836. The van der Waals surface area contributed by atoms with Crippen LogP contribution in [0, 0.1) is 6.92 Å². The Kier molecular flexibility index (Phi) is 5.78. The largest absolute Gasteiger partial charge is 0.497 e. The molecule has 0 radical (unpaired) electrons. The number of hydrogen-bond acceptors (Lipinski definition) is 3. The molecule has 1 aliphatic rings. The number of carbonyl (C=O) groups is 1. The Morgan fingerprint density at radius 2 is 2.04 bits per heavy atom. The fraction of sp³-hybridized carbons (Fsp3) is 0.381. The van der Waals surface area contributed by atoms with E-state index in [1.54, 1.807) is 14.2 Å². The van der Waals surface area contributed by atoms with Gasteiger partial charge >= 0.3 is 0 Å². The number of anilines is 1. The summed E-state index contributed by atoms with van der Waals surface area (Å²) < 4.78 is 10.9. The van der Waals surface area contributed by atoms with Crippen LogP contribution in [0.25, 0.3) is 0 Å². The van der Waals surface area contributed by atoms with Crippen LogP contribution in [-0.2, 0) is 4.79 Å². The fourth-order valence-corrected chi connectivity index (χ4v) is 3.74. The molecule has 3 rings (SSSR count). The number of methoxy groups -OCH3 is 2. The molecule has 138 valence electrons. The van der Waals surface area contributed by atoms with Gasteiger partial charge in [0.1, 0.15) is 17.5 Å². The first-order valence-corrected chi connectivity index (χ1v) is 9.03. The molecule has 0 bridgehead atoms. The highest BCUT2D eigenvalue weighted by Gasteiger charge is 2.34. The fourth-order valence-electron chi connectivity index (χ4n) is 3.74. The molecule has 2 atom stereocenters. The molecule has 2 N–H and O–H groups in total. The summed E-state index contributed by atoms with van der Waals surface area (Å²) in [5, 5.41) is 3.02. The summed E-state index contributed by atoms with van der Waals surface area (Å²) in [7, 11) is 3.35. The maximum absolute atomic E-state index is 12.5. The minimum atomic E-state index is 0.0411. The van der Waals surface area contributed by atoms with E-state index in [0.29, 0.717) is 6.54 Å². The van der Waals surface area contributed by atoms with E-state index in [2.05, 4.69) is 5.32 Å². The summed E-state index contributed by atoms with van der Waals surface area (Å²) >= 11 is 0. The van der Waals surface area contributed by atoms with Gasteiger partial charge in [-0.25, -0.2) is 0 Å². The van der Waals surface area contributed by atoms with Crippen LogP contribution in [0.4, 0.5) is 5.69 Å². The monoisotopic (exact) mass is 355 g/mol.